The first-order chi connectivity index (χ1) is 4.27. The average Bonchev–Trinajstić information content (AvgIpc) is 1.80. The Hall–Kier alpha value is -0.220. The zero-order valence-electron chi connectivity index (χ0n) is 5.42. The van der Waals surface area contributed by atoms with Gasteiger partial charge in [-0.2, -0.15) is 0 Å². The first-order valence-electron chi connectivity index (χ1n) is 2.68. The lowest BCUT2D eigenvalue weighted by Crippen LogP contribution is -2.04. The molecule has 0 amide bonds. The van der Waals surface area contributed by atoms with E-state index in [-0.39, 0.29) is 5.97 Å². The van der Waals surface area contributed by atoms with Crippen LogP contribution in [0, 0.1) is 0 Å². The highest BCUT2D eigenvalue weighted by Gasteiger charge is 1.89. The topological polar surface area (TPSA) is 52.3 Å². The van der Waals surface area contributed by atoms with Crippen LogP contribution >= 0.6 is 11.8 Å². The van der Waals surface area contributed by atoms with Gasteiger partial charge in [-0.25, -0.2) is 0 Å². The number of hydrogen-bond donors (Lipinski definition) is 1. The molecule has 0 aromatic heterocycles. The van der Waals surface area contributed by atoms with Gasteiger partial charge in [-0.3, -0.25) is 4.79 Å². The minimum atomic E-state index is -0.237. The predicted octanol–water partition coefficient (Wildman–Crippen LogP) is 0.199. The molecule has 0 fully saturated rings. The van der Waals surface area contributed by atoms with Crippen molar-refractivity contribution >= 4 is 17.7 Å². The van der Waals surface area contributed by atoms with Crippen molar-refractivity contribution < 1.29 is 9.53 Å². The molecule has 0 atom stereocenters. The fourth-order valence-electron chi connectivity index (χ4n) is 0.267. The summed E-state index contributed by atoms with van der Waals surface area (Å²) in [4.78, 5) is 10.1. The summed E-state index contributed by atoms with van der Waals surface area (Å²) in [5, 5.41) is 0. The number of carbonyl (C=O) groups excluding carboxylic acids is 1. The number of carbonyl (C=O) groups is 1. The van der Waals surface area contributed by atoms with Crippen LogP contribution in [0.15, 0.2) is 0 Å². The van der Waals surface area contributed by atoms with E-state index >= 15 is 0 Å². The Bertz CT molecular complexity index is 87.0. The van der Waals surface area contributed by atoms with E-state index in [4.69, 9.17) is 5.73 Å². The van der Waals surface area contributed by atoms with Crippen LogP contribution in [-0.2, 0) is 9.53 Å². The maximum atomic E-state index is 10.1. The highest BCUT2D eigenvalue weighted by atomic mass is 32.2. The molecule has 0 unspecified atom stereocenters. The Labute approximate surface area is 58.9 Å². The highest BCUT2D eigenvalue weighted by molar-refractivity contribution is 7.99. The molecular formula is C5H11NO2S. The van der Waals surface area contributed by atoms with Gasteiger partial charge in [0.25, 0.3) is 0 Å². The number of rotatable bonds is 4. The molecule has 0 saturated heterocycles. The van der Waals surface area contributed by atoms with Gasteiger partial charge in [0.1, 0.15) is 5.94 Å². The number of thioether (sulfide) groups is 1. The van der Waals surface area contributed by atoms with E-state index < -0.39 is 0 Å². The summed E-state index contributed by atoms with van der Waals surface area (Å²) in [6.07, 6.45) is 0. The average molecular weight is 149 g/mol. The van der Waals surface area contributed by atoms with Gasteiger partial charge in [-0.05, 0) is 0 Å². The molecule has 0 radical (unpaired) electrons. The van der Waals surface area contributed by atoms with Crippen LogP contribution in [0.3, 0.4) is 0 Å². The van der Waals surface area contributed by atoms with Crippen molar-refractivity contribution in [3.8, 4) is 0 Å². The maximum absolute atomic E-state index is 10.1. The molecule has 0 aromatic rings. The van der Waals surface area contributed by atoms with Crippen molar-refractivity contribution in [2.45, 2.75) is 6.92 Å². The first kappa shape index (κ1) is 8.78. The molecule has 0 aromatic carbocycles. The summed E-state index contributed by atoms with van der Waals surface area (Å²) < 4.78 is 4.61. The zero-order valence-corrected chi connectivity index (χ0v) is 6.24. The van der Waals surface area contributed by atoms with Gasteiger partial charge in [0.05, 0.1) is 0 Å². The summed E-state index contributed by atoms with van der Waals surface area (Å²) in [5.41, 5.74) is 5.18. The van der Waals surface area contributed by atoms with E-state index in [1.165, 1.54) is 18.7 Å². The van der Waals surface area contributed by atoms with Crippen molar-refractivity contribution in [2.75, 3.05) is 18.2 Å². The van der Waals surface area contributed by atoms with Crippen LogP contribution < -0.4 is 5.73 Å². The second-order valence-electron chi connectivity index (χ2n) is 1.45. The van der Waals surface area contributed by atoms with Gasteiger partial charge in [-0.15, -0.1) is 11.8 Å². The smallest absolute Gasteiger partial charge is 0.303 e. The molecule has 2 N–H and O–H groups in total. The van der Waals surface area contributed by atoms with Crippen molar-refractivity contribution in [2.24, 2.45) is 5.73 Å². The molecule has 4 heteroatoms. The minimum absolute atomic E-state index is 0.237. The minimum Gasteiger partial charge on any atom is -0.455 e. The molecule has 0 aliphatic rings. The summed E-state index contributed by atoms with van der Waals surface area (Å²) in [5.74, 6) is 1.03. The van der Waals surface area contributed by atoms with E-state index in [9.17, 15) is 4.79 Å². The quantitative estimate of drug-likeness (QED) is 0.352. The van der Waals surface area contributed by atoms with E-state index in [1.54, 1.807) is 0 Å². The number of nitrogens with two attached hydrogens (primary N) is 1. The van der Waals surface area contributed by atoms with Crippen LogP contribution in [-0.4, -0.2) is 24.2 Å². The van der Waals surface area contributed by atoms with Gasteiger partial charge >= 0.3 is 5.97 Å². The van der Waals surface area contributed by atoms with Crippen molar-refractivity contribution in [3.63, 3.8) is 0 Å². The van der Waals surface area contributed by atoms with Gasteiger partial charge < -0.3 is 10.5 Å². The lowest BCUT2D eigenvalue weighted by molar-refractivity contribution is -0.138. The SMILES string of the molecule is CC(=O)OCSCCN. The summed E-state index contributed by atoms with van der Waals surface area (Å²) in [6.45, 7) is 2.02. The fourth-order valence-corrected chi connectivity index (χ4v) is 0.801. The third kappa shape index (κ3) is 7.78. The second-order valence-corrected chi connectivity index (χ2v) is 2.50. The molecule has 3 nitrogen and oxygen atoms in total. The van der Waals surface area contributed by atoms with E-state index in [0.29, 0.717) is 12.5 Å². The second kappa shape index (κ2) is 5.91. The summed E-state index contributed by atoms with van der Waals surface area (Å²) >= 11 is 1.51. The maximum Gasteiger partial charge on any atom is 0.303 e. The van der Waals surface area contributed by atoms with E-state index in [0.717, 1.165) is 5.75 Å². The Balaban J connectivity index is 2.83. The molecule has 0 aliphatic carbocycles. The van der Waals surface area contributed by atoms with Gasteiger partial charge in [0.2, 0.25) is 0 Å². The van der Waals surface area contributed by atoms with Crippen LogP contribution in [0.1, 0.15) is 6.92 Å². The molecule has 0 aliphatic heterocycles. The summed E-state index contributed by atoms with van der Waals surface area (Å²) in [6, 6.07) is 0. The monoisotopic (exact) mass is 149 g/mol. The van der Waals surface area contributed by atoms with E-state index in [2.05, 4.69) is 4.74 Å². The molecular weight excluding hydrogens is 138 g/mol. The van der Waals surface area contributed by atoms with Crippen molar-refractivity contribution in [3.05, 3.63) is 0 Å². The molecule has 0 bridgehead atoms. The first-order valence-corrected chi connectivity index (χ1v) is 3.84. The standard InChI is InChI=1S/C5H11NO2S/c1-5(7)8-4-9-3-2-6/h2-4,6H2,1H3. The molecule has 54 valence electrons. The van der Waals surface area contributed by atoms with Gasteiger partial charge in [0.15, 0.2) is 0 Å². The Morgan fingerprint density at radius 3 is 2.89 bits per heavy atom. The molecule has 0 rings (SSSR count). The van der Waals surface area contributed by atoms with Gasteiger partial charge in [0, 0.05) is 19.2 Å². The van der Waals surface area contributed by atoms with Crippen LogP contribution in [0.25, 0.3) is 0 Å². The predicted molar refractivity (Wildman–Crippen MR) is 38.1 cm³/mol. The third-order valence-electron chi connectivity index (χ3n) is 0.608. The lowest BCUT2D eigenvalue weighted by Gasteiger charge is -1.98. The van der Waals surface area contributed by atoms with Gasteiger partial charge in [-0.1, -0.05) is 0 Å². The Kier molecular flexibility index (Phi) is 5.76. The van der Waals surface area contributed by atoms with Crippen molar-refractivity contribution in [1.82, 2.24) is 0 Å². The largest absolute Gasteiger partial charge is 0.455 e. The van der Waals surface area contributed by atoms with Crippen LogP contribution in [0.4, 0.5) is 0 Å². The molecule has 0 heterocycles. The zero-order chi connectivity index (χ0) is 7.11. The number of hydrogen-bond acceptors (Lipinski definition) is 4. The number of esters is 1. The Morgan fingerprint density at radius 1 is 1.78 bits per heavy atom. The Morgan fingerprint density at radius 2 is 2.44 bits per heavy atom. The molecule has 0 spiro atoms. The van der Waals surface area contributed by atoms with Crippen LogP contribution in [0.2, 0.25) is 0 Å². The van der Waals surface area contributed by atoms with Crippen molar-refractivity contribution in [1.29, 1.82) is 0 Å². The number of ether oxygens (including phenoxy) is 1. The third-order valence-corrected chi connectivity index (χ3v) is 1.42. The van der Waals surface area contributed by atoms with E-state index in [1.807, 2.05) is 0 Å². The highest BCUT2D eigenvalue weighted by Crippen LogP contribution is 1.97. The molecule has 0 saturated carbocycles. The van der Waals surface area contributed by atoms with Crippen LogP contribution in [0.5, 0.6) is 0 Å². The normalized spacial score (nSPS) is 9.11. The lowest BCUT2D eigenvalue weighted by atomic mass is 10.8. The summed E-state index contributed by atoms with van der Waals surface area (Å²) in [7, 11) is 0. The molecule has 9 heavy (non-hydrogen) atoms. The fraction of sp³-hybridized carbons (Fsp3) is 0.800.